The zero-order valence-corrected chi connectivity index (χ0v) is 13.5. The molecule has 0 nitrogen and oxygen atoms in total. The summed E-state index contributed by atoms with van der Waals surface area (Å²) in [5.41, 5.74) is 5.73. The first kappa shape index (κ1) is 11.7. The fraction of sp³-hybridized carbons (Fsp3) is 0.200. The molecular weight excluding hydrogens is 387 g/mol. The molecule has 3 rings (SSSR count). The molecule has 2 heteroatoms. The van der Waals surface area contributed by atoms with Crippen LogP contribution in [0.3, 0.4) is 0 Å². The molecule has 0 aromatic heterocycles. The number of fused-ring (bicyclic) bond motifs is 3. The van der Waals surface area contributed by atoms with Gasteiger partial charge in [-0.1, -0.05) is 54.0 Å². The van der Waals surface area contributed by atoms with Crippen LogP contribution in [-0.2, 0) is 5.41 Å². The smallest absolute Gasteiger partial charge is 0.0223 e. The van der Waals surface area contributed by atoms with Gasteiger partial charge in [-0.2, -0.15) is 0 Å². The van der Waals surface area contributed by atoms with Crippen molar-refractivity contribution >= 4 is 38.5 Å². The molecule has 0 N–H and O–H groups in total. The van der Waals surface area contributed by atoms with Crippen LogP contribution in [0.25, 0.3) is 11.1 Å². The van der Waals surface area contributed by atoms with Gasteiger partial charge in [0.15, 0.2) is 0 Å². The highest BCUT2D eigenvalue weighted by Gasteiger charge is 2.37. The molecule has 0 bridgehead atoms. The maximum absolute atomic E-state index is 3.71. The van der Waals surface area contributed by atoms with Crippen LogP contribution >= 0.6 is 38.5 Å². The summed E-state index contributed by atoms with van der Waals surface area (Å²) >= 11 is 6.15. The van der Waals surface area contributed by atoms with E-state index < -0.39 is 0 Å². The number of rotatable bonds is 0. The van der Waals surface area contributed by atoms with Gasteiger partial charge < -0.3 is 0 Å². The van der Waals surface area contributed by atoms with Crippen LogP contribution < -0.4 is 0 Å². The molecule has 0 saturated carbocycles. The van der Waals surface area contributed by atoms with E-state index in [1.807, 2.05) is 0 Å². The Hall–Kier alpha value is -0.350. The van der Waals surface area contributed by atoms with Gasteiger partial charge in [-0.25, -0.2) is 0 Å². The molecule has 1 aliphatic rings. The number of hydrogen-bond acceptors (Lipinski definition) is 0. The summed E-state index contributed by atoms with van der Waals surface area (Å²) in [5.74, 6) is 0. The van der Waals surface area contributed by atoms with Crippen molar-refractivity contribution in [3.05, 3.63) is 55.6 Å². The lowest BCUT2D eigenvalue weighted by Gasteiger charge is -2.22. The Labute approximate surface area is 124 Å². The molecular formula is C15H12BrI. The van der Waals surface area contributed by atoms with Crippen LogP contribution in [0.5, 0.6) is 0 Å². The Bertz CT molecular complexity index is 614. The van der Waals surface area contributed by atoms with Gasteiger partial charge in [-0.05, 0) is 51.4 Å². The van der Waals surface area contributed by atoms with Crippen molar-refractivity contribution in [1.82, 2.24) is 0 Å². The van der Waals surface area contributed by atoms with Crippen molar-refractivity contribution in [2.75, 3.05) is 0 Å². The average Bonchev–Trinajstić information content (AvgIpc) is 2.55. The fourth-order valence-electron chi connectivity index (χ4n) is 2.81. The Morgan fingerprint density at radius 3 is 2.53 bits per heavy atom. The zero-order valence-electron chi connectivity index (χ0n) is 9.72. The predicted octanol–water partition coefficient (Wildman–Crippen LogP) is 5.36. The predicted molar refractivity (Wildman–Crippen MR) is 84.4 cm³/mol. The quantitative estimate of drug-likeness (QED) is 0.524. The van der Waals surface area contributed by atoms with Crippen LogP contribution in [0.1, 0.15) is 25.0 Å². The molecule has 0 fully saturated rings. The molecule has 0 spiro atoms. The fourth-order valence-corrected chi connectivity index (χ4v) is 4.37. The third-order valence-corrected chi connectivity index (χ3v) is 5.16. The van der Waals surface area contributed by atoms with Gasteiger partial charge in [-0.15, -0.1) is 0 Å². The van der Waals surface area contributed by atoms with Crippen LogP contribution in [0.4, 0.5) is 0 Å². The second-order valence-electron chi connectivity index (χ2n) is 4.95. The second kappa shape index (κ2) is 3.82. The zero-order chi connectivity index (χ0) is 12.2. The van der Waals surface area contributed by atoms with E-state index in [9.17, 15) is 0 Å². The second-order valence-corrected chi connectivity index (χ2v) is 6.97. The van der Waals surface area contributed by atoms with E-state index in [0.29, 0.717) is 0 Å². The lowest BCUT2D eigenvalue weighted by atomic mass is 9.82. The summed E-state index contributed by atoms with van der Waals surface area (Å²) in [7, 11) is 0. The highest BCUT2D eigenvalue weighted by molar-refractivity contribution is 14.1. The van der Waals surface area contributed by atoms with Crippen molar-refractivity contribution in [1.29, 1.82) is 0 Å². The Balaban J connectivity index is 2.48. The van der Waals surface area contributed by atoms with Crippen molar-refractivity contribution in [2.24, 2.45) is 0 Å². The number of benzene rings is 2. The molecule has 86 valence electrons. The summed E-state index contributed by atoms with van der Waals surface area (Å²) in [6, 6.07) is 13.1. The van der Waals surface area contributed by atoms with Crippen molar-refractivity contribution in [3.8, 4) is 11.1 Å². The highest BCUT2D eigenvalue weighted by atomic mass is 127. The minimum atomic E-state index is 0.0892. The van der Waals surface area contributed by atoms with Crippen molar-refractivity contribution < 1.29 is 0 Å². The van der Waals surface area contributed by atoms with Crippen LogP contribution in [0, 0.1) is 3.57 Å². The van der Waals surface area contributed by atoms with Crippen LogP contribution in [-0.4, -0.2) is 0 Å². The van der Waals surface area contributed by atoms with Crippen molar-refractivity contribution in [2.45, 2.75) is 19.3 Å². The van der Waals surface area contributed by atoms with Gasteiger partial charge in [0, 0.05) is 19.0 Å². The van der Waals surface area contributed by atoms with E-state index in [4.69, 9.17) is 0 Å². The normalized spacial score (nSPS) is 15.5. The summed E-state index contributed by atoms with van der Waals surface area (Å²) in [6.07, 6.45) is 0. The average molecular weight is 399 g/mol. The van der Waals surface area contributed by atoms with Crippen molar-refractivity contribution in [3.63, 3.8) is 0 Å². The molecule has 17 heavy (non-hydrogen) atoms. The molecule has 0 atom stereocenters. The Morgan fingerprint density at radius 2 is 1.76 bits per heavy atom. The first-order chi connectivity index (χ1) is 8.03. The molecule has 2 aromatic rings. The summed E-state index contributed by atoms with van der Waals surface area (Å²) in [6.45, 7) is 4.61. The highest BCUT2D eigenvalue weighted by Crippen LogP contribution is 2.52. The molecule has 0 unspecified atom stereocenters. The minimum Gasteiger partial charge on any atom is -0.0619 e. The van der Waals surface area contributed by atoms with E-state index in [-0.39, 0.29) is 5.41 Å². The van der Waals surface area contributed by atoms with Gasteiger partial charge in [0.1, 0.15) is 0 Å². The van der Waals surface area contributed by atoms with Crippen LogP contribution in [0.2, 0.25) is 0 Å². The lowest BCUT2D eigenvalue weighted by molar-refractivity contribution is 0.657. The first-order valence-corrected chi connectivity index (χ1v) is 7.49. The maximum Gasteiger partial charge on any atom is 0.0223 e. The summed E-state index contributed by atoms with van der Waals surface area (Å²) in [5, 5.41) is 0. The topological polar surface area (TPSA) is 0 Å². The Kier molecular flexibility index (Phi) is 2.63. The Morgan fingerprint density at radius 1 is 1.06 bits per heavy atom. The minimum absolute atomic E-state index is 0.0892. The lowest BCUT2D eigenvalue weighted by Crippen LogP contribution is -2.15. The SMILES string of the molecule is CC1(C)c2ccccc2-c2c(I)ccc(Br)c21. The summed E-state index contributed by atoms with van der Waals surface area (Å²) in [4.78, 5) is 0. The van der Waals surface area contributed by atoms with E-state index in [2.05, 4.69) is 88.8 Å². The third kappa shape index (κ3) is 1.53. The number of halogens is 2. The number of hydrogen-bond donors (Lipinski definition) is 0. The van der Waals surface area contributed by atoms with Gasteiger partial charge in [0.2, 0.25) is 0 Å². The van der Waals surface area contributed by atoms with Gasteiger partial charge >= 0.3 is 0 Å². The largest absolute Gasteiger partial charge is 0.0619 e. The van der Waals surface area contributed by atoms with E-state index in [1.165, 1.54) is 30.3 Å². The monoisotopic (exact) mass is 398 g/mol. The molecule has 0 radical (unpaired) electrons. The van der Waals surface area contributed by atoms with Crippen LogP contribution in [0.15, 0.2) is 40.9 Å². The van der Waals surface area contributed by atoms with Gasteiger partial charge in [-0.3, -0.25) is 0 Å². The standard InChI is InChI=1S/C15H12BrI/c1-15(2)10-6-4-3-5-9(10)13-12(17)8-7-11(16)14(13)15/h3-8H,1-2H3. The first-order valence-electron chi connectivity index (χ1n) is 5.62. The molecule has 0 amide bonds. The van der Waals surface area contributed by atoms with Gasteiger partial charge in [0.05, 0.1) is 0 Å². The van der Waals surface area contributed by atoms with E-state index in [0.717, 1.165) is 0 Å². The maximum atomic E-state index is 3.71. The third-order valence-electron chi connectivity index (χ3n) is 3.60. The molecule has 0 saturated heterocycles. The molecule has 1 aliphatic carbocycles. The van der Waals surface area contributed by atoms with E-state index >= 15 is 0 Å². The molecule has 2 aromatic carbocycles. The summed E-state index contributed by atoms with van der Waals surface area (Å²) < 4.78 is 2.55. The van der Waals surface area contributed by atoms with E-state index in [1.54, 1.807) is 0 Å². The molecule has 0 heterocycles. The molecule has 0 aliphatic heterocycles. The van der Waals surface area contributed by atoms with Gasteiger partial charge in [0.25, 0.3) is 0 Å².